The fourth-order valence-electron chi connectivity index (χ4n) is 4.93. The molecule has 0 saturated carbocycles. The van der Waals surface area contributed by atoms with Gasteiger partial charge >= 0.3 is 0 Å². The Morgan fingerprint density at radius 1 is 0.409 bits per heavy atom. The molecule has 6 rings (SSSR count). The van der Waals surface area contributed by atoms with E-state index in [-0.39, 0.29) is 0 Å². The summed E-state index contributed by atoms with van der Waals surface area (Å²) in [5, 5.41) is 3.03. The molecule has 0 fully saturated rings. The van der Waals surface area contributed by atoms with Gasteiger partial charge in [0.15, 0.2) is 0 Å². The van der Waals surface area contributed by atoms with Crippen molar-refractivity contribution >= 4 is 35.1 Å². The smallest absolute Gasteiger partial charge is 0.00208 e. The van der Waals surface area contributed by atoms with E-state index >= 15 is 0 Å². The van der Waals surface area contributed by atoms with Crippen LogP contribution in [0.15, 0.2) is 24.3 Å². The summed E-state index contributed by atoms with van der Waals surface area (Å²) in [5.41, 5.74) is 12.3. The minimum Gasteiger partial charge on any atom is -0.0795 e. The van der Waals surface area contributed by atoms with Crippen LogP contribution in [0, 0.1) is 0 Å². The number of fused-ring (bicyclic) bond motifs is 11. The van der Waals surface area contributed by atoms with Gasteiger partial charge < -0.3 is 0 Å². The first-order chi connectivity index (χ1) is 10.9. The fourth-order valence-corrected chi connectivity index (χ4v) is 4.93. The van der Waals surface area contributed by atoms with Crippen LogP contribution in [-0.2, 0) is 25.7 Å². The molecule has 0 spiro atoms. The molecule has 0 radical (unpaired) electrons. The van der Waals surface area contributed by atoms with Gasteiger partial charge in [-0.1, -0.05) is 48.6 Å². The third-order valence-electron chi connectivity index (χ3n) is 5.78. The lowest BCUT2D eigenvalue weighted by Crippen LogP contribution is -2.02. The maximum Gasteiger partial charge on any atom is -0.00208 e. The van der Waals surface area contributed by atoms with Crippen molar-refractivity contribution in [3.05, 3.63) is 68.8 Å². The summed E-state index contributed by atoms with van der Waals surface area (Å²) < 4.78 is 0. The summed E-state index contributed by atoms with van der Waals surface area (Å²) in [7, 11) is 0. The molecule has 0 heterocycles. The van der Waals surface area contributed by atoms with Crippen LogP contribution in [0.4, 0.5) is 0 Å². The van der Waals surface area contributed by atoms with Crippen molar-refractivity contribution in [1.29, 1.82) is 0 Å². The molecular weight excluding hydrogens is 264 g/mol. The fraction of sp³-hybridized carbons (Fsp3) is 0.182. The highest BCUT2D eigenvalue weighted by atomic mass is 14.3. The second-order valence-corrected chi connectivity index (χ2v) is 6.74. The van der Waals surface area contributed by atoms with Crippen molar-refractivity contribution in [3.8, 4) is 0 Å². The van der Waals surface area contributed by atoms with E-state index in [9.17, 15) is 0 Å². The molecule has 22 heavy (non-hydrogen) atoms. The Kier molecular flexibility index (Phi) is 1.89. The van der Waals surface area contributed by atoms with Crippen molar-refractivity contribution in [3.63, 3.8) is 0 Å². The lowest BCUT2D eigenvalue weighted by molar-refractivity contribution is 1.18. The minimum atomic E-state index is 1.11. The zero-order valence-corrected chi connectivity index (χ0v) is 12.4. The van der Waals surface area contributed by atoms with Crippen molar-refractivity contribution in [2.45, 2.75) is 25.7 Å². The Morgan fingerprint density at radius 3 is 0.955 bits per heavy atom. The van der Waals surface area contributed by atoms with Crippen LogP contribution < -0.4 is 0 Å². The average Bonchev–Trinajstić information content (AvgIpc) is 3.28. The highest BCUT2D eigenvalue weighted by Crippen LogP contribution is 2.47. The minimum absolute atomic E-state index is 1.11. The van der Waals surface area contributed by atoms with Crippen LogP contribution in [0.25, 0.3) is 35.1 Å². The molecular formula is C22H16. The highest BCUT2D eigenvalue weighted by molar-refractivity contribution is 6.11. The van der Waals surface area contributed by atoms with Crippen molar-refractivity contribution in [1.82, 2.24) is 0 Å². The molecule has 0 nitrogen and oxygen atoms in total. The maximum absolute atomic E-state index is 2.37. The van der Waals surface area contributed by atoms with E-state index in [1.54, 1.807) is 22.3 Å². The van der Waals surface area contributed by atoms with Gasteiger partial charge in [0.25, 0.3) is 0 Å². The second-order valence-electron chi connectivity index (χ2n) is 6.74. The van der Waals surface area contributed by atoms with Gasteiger partial charge in [-0.15, -0.1) is 0 Å². The molecule has 0 aliphatic heterocycles. The number of hydrogen-bond acceptors (Lipinski definition) is 0. The molecule has 0 amide bonds. The Labute approximate surface area is 130 Å². The van der Waals surface area contributed by atoms with Gasteiger partial charge in [-0.2, -0.15) is 0 Å². The van der Waals surface area contributed by atoms with Crippen molar-refractivity contribution < 1.29 is 0 Å². The van der Waals surface area contributed by atoms with Gasteiger partial charge in [0, 0.05) is 0 Å². The predicted molar refractivity (Wildman–Crippen MR) is 94.9 cm³/mol. The van der Waals surface area contributed by atoms with E-state index in [0.717, 1.165) is 25.7 Å². The quantitative estimate of drug-likeness (QED) is 0.628. The number of rotatable bonds is 0. The van der Waals surface area contributed by atoms with E-state index in [0.29, 0.717) is 0 Å². The first-order valence-corrected chi connectivity index (χ1v) is 8.29. The predicted octanol–water partition coefficient (Wildman–Crippen LogP) is 5.12. The molecule has 0 N–H and O–H groups in total. The normalized spacial score (nSPS) is 18.4. The van der Waals surface area contributed by atoms with Crippen LogP contribution >= 0.6 is 0 Å². The summed E-state index contributed by atoms with van der Waals surface area (Å²) in [4.78, 5) is 0. The third kappa shape index (κ3) is 1.14. The van der Waals surface area contributed by atoms with E-state index in [2.05, 4.69) is 48.6 Å². The Hall–Kier alpha value is -2.34. The largest absolute Gasteiger partial charge is 0.0795 e. The molecule has 0 heteroatoms. The second kappa shape index (κ2) is 3.70. The van der Waals surface area contributed by atoms with E-state index in [4.69, 9.17) is 0 Å². The molecule has 0 unspecified atom stereocenters. The summed E-state index contributed by atoms with van der Waals surface area (Å²) in [6.45, 7) is 0. The van der Waals surface area contributed by atoms with Crippen LogP contribution in [-0.4, -0.2) is 0 Å². The van der Waals surface area contributed by atoms with E-state index in [1.165, 1.54) is 33.0 Å². The topological polar surface area (TPSA) is 0 Å². The van der Waals surface area contributed by atoms with E-state index < -0.39 is 0 Å². The number of benzene rings is 2. The van der Waals surface area contributed by atoms with Gasteiger partial charge in [-0.3, -0.25) is 0 Å². The van der Waals surface area contributed by atoms with Gasteiger partial charge in [0.05, 0.1) is 0 Å². The van der Waals surface area contributed by atoms with Crippen LogP contribution in [0.2, 0.25) is 0 Å². The zero-order chi connectivity index (χ0) is 14.3. The van der Waals surface area contributed by atoms with Crippen LogP contribution in [0.3, 0.4) is 0 Å². The molecule has 104 valence electrons. The van der Waals surface area contributed by atoms with Crippen molar-refractivity contribution in [2.75, 3.05) is 0 Å². The monoisotopic (exact) mass is 280 g/mol. The highest BCUT2D eigenvalue weighted by Gasteiger charge is 2.28. The molecule has 4 aliphatic carbocycles. The summed E-state index contributed by atoms with van der Waals surface area (Å²) in [6, 6.07) is 0. The first kappa shape index (κ1) is 11.3. The molecule has 0 aromatic heterocycles. The SMILES string of the molecule is C1=Cc2c(c3c(c4c5c(c6c(c24)C=CC6)CC=C5)C=CC3)C1. The summed E-state index contributed by atoms with van der Waals surface area (Å²) in [6.07, 6.45) is 23.3. The number of allylic oxidation sites excluding steroid dienone is 4. The Morgan fingerprint density at radius 2 is 0.682 bits per heavy atom. The van der Waals surface area contributed by atoms with Crippen LogP contribution in [0.5, 0.6) is 0 Å². The van der Waals surface area contributed by atoms with E-state index in [1.807, 2.05) is 0 Å². The molecule has 4 aliphatic rings. The van der Waals surface area contributed by atoms with Gasteiger partial charge in [-0.05, 0) is 81.0 Å². The molecule has 0 bridgehead atoms. The lowest BCUT2D eigenvalue weighted by Gasteiger charge is -2.20. The van der Waals surface area contributed by atoms with Crippen LogP contribution in [0.1, 0.15) is 44.5 Å². The summed E-state index contributed by atoms with van der Waals surface area (Å²) in [5.74, 6) is 0. The first-order valence-electron chi connectivity index (χ1n) is 8.29. The molecule has 2 aromatic rings. The molecule has 0 saturated heterocycles. The number of hydrogen-bond donors (Lipinski definition) is 0. The third-order valence-corrected chi connectivity index (χ3v) is 5.78. The Balaban J connectivity index is 1.95. The van der Waals surface area contributed by atoms with Gasteiger partial charge in [0.2, 0.25) is 0 Å². The molecule has 2 aromatic carbocycles. The lowest BCUT2D eigenvalue weighted by atomic mass is 9.83. The summed E-state index contributed by atoms with van der Waals surface area (Å²) >= 11 is 0. The molecule has 0 atom stereocenters. The standard InChI is InChI=1S/C22H16/c1-5-13-14-6-2-10-18(14)22-20-12-4-8-16(20)15-7-3-11-19(15)21(22)17(13)9-1/h1-4,9-12H,5-8H2. The average molecular weight is 280 g/mol. The van der Waals surface area contributed by atoms with Gasteiger partial charge in [0.1, 0.15) is 0 Å². The maximum atomic E-state index is 2.37. The van der Waals surface area contributed by atoms with Gasteiger partial charge in [-0.25, -0.2) is 0 Å². The van der Waals surface area contributed by atoms with Crippen molar-refractivity contribution in [2.24, 2.45) is 0 Å². The zero-order valence-electron chi connectivity index (χ0n) is 12.4. The Bertz CT molecular complexity index is 846.